The number of benzene rings is 1. The molecule has 1 aromatic carbocycles. The van der Waals surface area contributed by atoms with Gasteiger partial charge in [0.25, 0.3) is 0 Å². The van der Waals surface area contributed by atoms with E-state index in [1.54, 1.807) is 19.2 Å². The maximum atomic E-state index is 12.5. The van der Waals surface area contributed by atoms with Crippen LogP contribution in [0, 0.1) is 5.82 Å². The fourth-order valence-corrected chi connectivity index (χ4v) is 1.11. The van der Waals surface area contributed by atoms with E-state index in [0.29, 0.717) is 0 Å². The van der Waals surface area contributed by atoms with Crippen LogP contribution in [-0.2, 0) is 0 Å². The molecule has 0 bridgehead atoms. The molecule has 0 amide bonds. The number of likely N-dealkylation sites (N-methyl/N-ethyl adjacent to an activating group) is 1. The van der Waals surface area contributed by atoms with E-state index in [9.17, 15) is 9.50 Å². The lowest BCUT2D eigenvalue weighted by atomic mass is 10.0. The quantitative estimate of drug-likeness (QED) is 0.814. The summed E-state index contributed by atoms with van der Waals surface area (Å²) in [5.74, 6) is -0.284. The lowest BCUT2D eigenvalue weighted by molar-refractivity contribution is 0.140. The largest absolute Gasteiger partial charge is 0.387 e. The summed E-state index contributed by atoms with van der Waals surface area (Å²) in [5, 5.41) is 12.6. The molecule has 0 radical (unpaired) electrons. The zero-order chi connectivity index (χ0) is 9.84. The summed E-state index contributed by atoms with van der Waals surface area (Å²) < 4.78 is 12.5. The number of aliphatic hydroxyl groups excluding tert-OH is 1. The predicted octanol–water partition coefficient (Wildman–Crippen LogP) is 1.89. The average molecular weight is 220 g/mol. The number of halogens is 2. The Morgan fingerprint density at radius 1 is 1.29 bits per heavy atom. The molecule has 0 fully saturated rings. The molecule has 0 aliphatic carbocycles. The second-order valence-corrected chi connectivity index (χ2v) is 3.07. The molecule has 0 saturated carbocycles. The summed E-state index contributed by atoms with van der Waals surface area (Å²) in [5.41, 5.74) is 0.725. The van der Waals surface area contributed by atoms with Crippen LogP contribution < -0.4 is 5.32 Å². The van der Waals surface area contributed by atoms with E-state index in [2.05, 4.69) is 5.32 Å². The van der Waals surface area contributed by atoms with Crippen molar-refractivity contribution in [3.63, 3.8) is 0 Å². The molecule has 0 unspecified atom stereocenters. The highest BCUT2D eigenvalue weighted by atomic mass is 35.5. The normalized spacial score (nSPS) is 14.3. The van der Waals surface area contributed by atoms with Gasteiger partial charge in [0.2, 0.25) is 0 Å². The Kier molecular flexibility index (Phi) is 5.69. The van der Waals surface area contributed by atoms with Crippen molar-refractivity contribution in [3.05, 3.63) is 35.6 Å². The number of hydrogen-bond donors (Lipinski definition) is 2. The van der Waals surface area contributed by atoms with E-state index in [0.717, 1.165) is 5.56 Å². The zero-order valence-corrected chi connectivity index (χ0v) is 9.01. The van der Waals surface area contributed by atoms with Crippen LogP contribution in [0.15, 0.2) is 24.3 Å². The van der Waals surface area contributed by atoms with Crippen LogP contribution in [0.3, 0.4) is 0 Å². The summed E-state index contributed by atoms with van der Waals surface area (Å²) in [6, 6.07) is 5.84. The van der Waals surface area contributed by atoms with E-state index < -0.39 is 6.10 Å². The van der Waals surface area contributed by atoms with Gasteiger partial charge in [-0.2, -0.15) is 0 Å². The van der Waals surface area contributed by atoms with Gasteiger partial charge >= 0.3 is 0 Å². The summed E-state index contributed by atoms with van der Waals surface area (Å²) in [7, 11) is 1.78. The first-order valence-electron chi connectivity index (χ1n) is 4.26. The van der Waals surface area contributed by atoms with Gasteiger partial charge in [-0.3, -0.25) is 0 Å². The molecule has 2 atom stereocenters. The lowest BCUT2D eigenvalue weighted by Gasteiger charge is -2.18. The van der Waals surface area contributed by atoms with Gasteiger partial charge in [-0.15, -0.1) is 12.4 Å². The maximum absolute atomic E-state index is 12.5. The first-order valence-corrected chi connectivity index (χ1v) is 4.26. The first kappa shape index (κ1) is 13.4. The minimum absolute atomic E-state index is 0. The summed E-state index contributed by atoms with van der Waals surface area (Å²) in [4.78, 5) is 0. The fourth-order valence-electron chi connectivity index (χ4n) is 1.11. The van der Waals surface area contributed by atoms with Crippen molar-refractivity contribution >= 4 is 12.4 Å². The van der Waals surface area contributed by atoms with Crippen molar-refractivity contribution in [3.8, 4) is 0 Å². The SMILES string of the molecule is CN[C@@H](C)[C@@H](O)c1ccc(F)cc1.Cl. The van der Waals surface area contributed by atoms with Crippen LogP contribution >= 0.6 is 12.4 Å². The third kappa shape index (κ3) is 3.25. The van der Waals surface area contributed by atoms with Crippen LogP contribution in [0.1, 0.15) is 18.6 Å². The van der Waals surface area contributed by atoms with Gasteiger partial charge in [0, 0.05) is 6.04 Å². The topological polar surface area (TPSA) is 32.3 Å². The van der Waals surface area contributed by atoms with Gasteiger partial charge in [-0.05, 0) is 31.7 Å². The molecule has 0 saturated heterocycles. The fraction of sp³-hybridized carbons (Fsp3) is 0.400. The average Bonchev–Trinajstić information content (AvgIpc) is 2.17. The summed E-state index contributed by atoms with van der Waals surface area (Å²) in [6.45, 7) is 1.87. The molecule has 2 nitrogen and oxygen atoms in total. The number of rotatable bonds is 3. The predicted molar refractivity (Wildman–Crippen MR) is 57.1 cm³/mol. The molecule has 0 aliphatic rings. The molecule has 0 aliphatic heterocycles. The van der Waals surface area contributed by atoms with Crippen LogP contribution in [-0.4, -0.2) is 18.2 Å². The van der Waals surface area contributed by atoms with E-state index >= 15 is 0 Å². The van der Waals surface area contributed by atoms with Gasteiger partial charge < -0.3 is 10.4 Å². The minimum atomic E-state index is -0.592. The van der Waals surface area contributed by atoms with Crippen LogP contribution in [0.4, 0.5) is 4.39 Å². The highest BCUT2D eigenvalue weighted by Gasteiger charge is 2.13. The molecular formula is C10H15ClFNO. The monoisotopic (exact) mass is 219 g/mol. The van der Waals surface area contributed by atoms with Crippen molar-refractivity contribution in [1.29, 1.82) is 0 Å². The van der Waals surface area contributed by atoms with Gasteiger partial charge in [0.1, 0.15) is 5.82 Å². The summed E-state index contributed by atoms with van der Waals surface area (Å²) in [6.07, 6.45) is -0.592. The van der Waals surface area contributed by atoms with E-state index in [1.165, 1.54) is 12.1 Å². The van der Waals surface area contributed by atoms with Gasteiger partial charge in [0.05, 0.1) is 6.10 Å². The first-order chi connectivity index (χ1) is 6.15. The Morgan fingerprint density at radius 3 is 2.21 bits per heavy atom. The molecule has 0 heterocycles. The standard InChI is InChI=1S/C10H14FNO.ClH/c1-7(12-2)10(13)8-3-5-9(11)6-4-8;/h3-7,10,12-13H,1-2H3;1H/t7-,10+;/m0./s1. The Morgan fingerprint density at radius 2 is 1.79 bits per heavy atom. The summed E-state index contributed by atoms with van der Waals surface area (Å²) >= 11 is 0. The van der Waals surface area contributed by atoms with Crippen molar-refractivity contribution in [1.82, 2.24) is 5.32 Å². The molecule has 14 heavy (non-hydrogen) atoms. The molecule has 1 aromatic rings. The number of hydrogen-bond acceptors (Lipinski definition) is 2. The van der Waals surface area contributed by atoms with Crippen molar-refractivity contribution < 1.29 is 9.50 Å². The third-order valence-corrected chi connectivity index (χ3v) is 2.14. The van der Waals surface area contributed by atoms with E-state index in [1.807, 2.05) is 6.92 Å². The van der Waals surface area contributed by atoms with Crippen LogP contribution in [0.2, 0.25) is 0 Å². The molecule has 0 spiro atoms. The maximum Gasteiger partial charge on any atom is 0.123 e. The van der Waals surface area contributed by atoms with Crippen molar-refractivity contribution in [2.75, 3.05) is 7.05 Å². The molecule has 4 heteroatoms. The Balaban J connectivity index is 0.00000169. The van der Waals surface area contributed by atoms with Crippen molar-refractivity contribution in [2.24, 2.45) is 0 Å². The molecule has 1 rings (SSSR count). The zero-order valence-electron chi connectivity index (χ0n) is 8.20. The van der Waals surface area contributed by atoms with Gasteiger partial charge in [-0.25, -0.2) is 4.39 Å². The molecule has 80 valence electrons. The van der Waals surface area contributed by atoms with Gasteiger partial charge in [-0.1, -0.05) is 12.1 Å². The van der Waals surface area contributed by atoms with Crippen molar-refractivity contribution in [2.45, 2.75) is 19.1 Å². The molecular weight excluding hydrogens is 205 g/mol. The van der Waals surface area contributed by atoms with Crippen LogP contribution in [0.25, 0.3) is 0 Å². The third-order valence-electron chi connectivity index (χ3n) is 2.14. The number of nitrogens with one attached hydrogen (secondary N) is 1. The second-order valence-electron chi connectivity index (χ2n) is 3.07. The molecule has 0 aromatic heterocycles. The molecule has 2 N–H and O–H groups in total. The highest BCUT2D eigenvalue weighted by molar-refractivity contribution is 5.85. The lowest BCUT2D eigenvalue weighted by Crippen LogP contribution is -2.28. The minimum Gasteiger partial charge on any atom is -0.387 e. The van der Waals surface area contributed by atoms with E-state index in [-0.39, 0.29) is 24.3 Å². The highest BCUT2D eigenvalue weighted by Crippen LogP contribution is 2.16. The number of aliphatic hydroxyl groups is 1. The smallest absolute Gasteiger partial charge is 0.123 e. The second kappa shape index (κ2) is 5.96. The Bertz CT molecular complexity index is 265. The Hall–Kier alpha value is -0.640. The van der Waals surface area contributed by atoms with E-state index in [4.69, 9.17) is 0 Å². The Labute approximate surface area is 89.6 Å². The van der Waals surface area contributed by atoms with Crippen LogP contribution in [0.5, 0.6) is 0 Å². The van der Waals surface area contributed by atoms with Gasteiger partial charge in [0.15, 0.2) is 0 Å².